The molecular formula is C11H16BN3O4. The van der Waals surface area contributed by atoms with Crippen LogP contribution in [0.4, 0.5) is 11.5 Å². The van der Waals surface area contributed by atoms with Gasteiger partial charge in [-0.25, -0.2) is 0 Å². The molecule has 1 aromatic rings. The lowest BCUT2D eigenvalue weighted by molar-refractivity contribution is -0.388. The molecule has 0 aromatic carbocycles. The van der Waals surface area contributed by atoms with Gasteiger partial charge in [-0.2, -0.15) is 0 Å². The fraction of sp³-hybridized carbons (Fsp3) is 0.545. The van der Waals surface area contributed by atoms with Gasteiger partial charge in [-0.3, -0.25) is 0 Å². The number of pyridine rings is 1. The Labute approximate surface area is 111 Å². The third-order valence-corrected chi connectivity index (χ3v) is 3.61. The zero-order valence-electron chi connectivity index (χ0n) is 11.3. The number of hydrogen-bond acceptors (Lipinski definition) is 6. The fourth-order valence-corrected chi connectivity index (χ4v) is 1.75. The van der Waals surface area contributed by atoms with Crippen LogP contribution in [-0.2, 0) is 9.31 Å². The third kappa shape index (κ3) is 2.28. The standard InChI is InChI=1S/C11H16BN3O4/c1-10(2)11(3,4)19-12(18-10)7-5-8(13)9(14-6-7)15(16)17/h5-6H,13H2,1-4H3. The quantitative estimate of drug-likeness (QED) is 0.483. The Kier molecular flexibility index (Phi) is 3.02. The summed E-state index contributed by atoms with van der Waals surface area (Å²) in [4.78, 5) is 13.8. The molecule has 0 unspecified atom stereocenters. The first-order chi connectivity index (χ1) is 8.64. The van der Waals surface area contributed by atoms with Crippen LogP contribution >= 0.6 is 0 Å². The monoisotopic (exact) mass is 265 g/mol. The van der Waals surface area contributed by atoms with E-state index in [-0.39, 0.29) is 11.5 Å². The maximum atomic E-state index is 10.7. The first-order valence-corrected chi connectivity index (χ1v) is 5.89. The number of nitrogen functional groups attached to an aromatic ring is 1. The predicted molar refractivity (Wildman–Crippen MR) is 71.0 cm³/mol. The molecule has 0 atom stereocenters. The molecule has 19 heavy (non-hydrogen) atoms. The largest absolute Gasteiger partial charge is 0.498 e. The Hall–Kier alpha value is -1.67. The molecule has 0 spiro atoms. The molecule has 0 radical (unpaired) electrons. The predicted octanol–water partition coefficient (Wildman–Crippen LogP) is 0.871. The van der Waals surface area contributed by atoms with E-state index in [4.69, 9.17) is 15.0 Å². The highest BCUT2D eigenvalue weighted by Gasteiger charge is 2.52. The van der Waals surface area contributed by atoms with Crippen LogP contribution in [-0.4, -0.2) is 28.2 Å². The Morgan fingerprint density at radius 1 is 1.32 bits per heavy atom. The Morgan fingerprint density at radius 2 is 1.84 bits per heavy atom. The first-order valence-electron chi connectivity index (χ1n) is 5.89. The summed E-state index contributed by atoms with van der Waals surface area (Å²) in [5, 5.41) is 10.7. The van der Waals surface area contributed by atoms with Gasteiger partial charge in [0.15, 0.2) is 0 Å². The summed E-state index contributed by atoms with van der Waals surface area (Å²) >= 11 is 0. The average Bonchev–Trinajstić information content (AvgIpc) is 2.47. The SMILES string of the molecule is CC1(C)OB(c2cnc([N+](=O)[O-])c(N)c2)OC1(C)C. The lowest BCUT2D eigenvalue weighted by atomic mass is 9.80. The molecule has 0 amide bonds. The molecule has 0 saturated carbocycles. The number of rotatable bonds is 2. The topological polar surface area (TPSA) is 101 Å². The number of aromatic nitrogens is 1. The zero-order chi connectivity index (χ0) is 14.4. The molecule has 2 N–H and O–H groups in total. The van der Waals surface area contributed by atoms with Gasteiger partial charge in [0, 0.05) is 5.46 Å². The van der Waals surface area contributed by atoms with Crippen molar-refractivity contribution in [1.29, 1.82) is 0 Å². The van der Waals surface area contributed by atoms with Crippen molar-refractivity contribution in [3.63, 3.8) is 0 Å². The highest BCUT2D eigenvalue weighted by Crippen LogP contribution is 2.36. The molecule has 1 fully saturated rings. The summed E-state index contributed by atoms with van der Waals surface area (Å²) in [6.45, 7) is 7.70. The summed E-state index contributed by atoms with van der Waals surface area (Å²) < 4.78 is 11.6. The number of nitrogens with zero attached hydrogens (tertiary/aromatic N) is 2. The molecular weight excluding hydrogens is 249 g/mol. The molecule has 1 saturated heterocycles. The van der Waals surface area contributed by atoms with Crippen LogP contribution in [0.3, 0.4) is 0 Å². The van der Waals surface area contributed by atoms with E-state index in [0.717, 1.165) is 0 Å². The smallest absolute Gasteiger partial charge is 0.399 e. The maximum absolute atomic E-state index is 10.7. The minimum Gasteiger partial charge on any atom is -0.399 e. The van der Waals surface area contributed by atoms with E-state index in [1.54, 1.807) is 0 Å². The number of nitrogens with two attached hydrogens (primary N) is 1. The van der Waals surface area contributed by atoms with E-state index < -0.39 is 23.2 Å². The maximum Gasteiger partial charge on any atom is 0.498 e. The molecule has 102 valence electrons. The third-order valence-electron chi connectivity index (χ3n) is 3.61. The highest BCUT2D eigenvalue weighted by molar-refractivity contribution is 6.62. The summed E-state index contributed by atoms with van der Waals surface area (Å²) in [6.07, 6.45) is 1.36. The van der Waals surface area contributed by atoms with Crippen molar-refractivity contribution in [3.05, 3.63) is 22.4 Å². The van der Waals surface area contributed by atoms with E-state index >= 15 is 0 Å². The van der Waals surface area contributed by atoms with Crippen LogP contribution in [0.1, 0.15) is 27.7 Å². The van der Waals surface area contributed by atoms with E-state index in [0.29, 0.717) is 5.46 Å². The fourth-order valence-electron chi connectivity index (χ4n) is 1.75. The van der Waals surface area contributed by atoms with Crippen LogP contribution in [0.2, 0.25) is 0 Å². The van der Waals surface area contributed by atoms with Gasteiger partial charge in [-0.05, 0) is 43.7 Å². The van der Waals surface area contributed by atoms with E-state index in [1.807, 2.05) is 27.7 Å². The second kappa shape index (κ2) is 4.17. The molecule has 8 heteroatoms. The molecule has 2 rings (SSSR count). The number of nitro groups is 1. The van der Waals surface area contributed by atoms with E-state index in [2.05, 4.69) is 4.98 Å². The lowest BCUT2D eigenvalue weighted by Gasteiger charge is -2.32. The first kappa shape index (κ1) is 13.8. The molecule has 1 aromatic heterocycles. The minimum absolute atomic E-state index is 0.00258. The minimum atomic E-state index is -0.624. The second-order valence-corrected chi connectivity index (χ2v) is 5.53. The van der Waals surface area contributed by atoms with Gasteiger partial charge in [0.05, 0.1) is 11.2 Å². The lowest BCUT2D eigenvalue weighted by Crippen LogP contribution is -2.41. The van der Waals surface area contributed by atoms with Crippen LogP contribution < -0.4 is 11.2 Å². The van der Waals surface area contributed by atoms with Crippen molar-refractivity contribution in [2.75, 3.05) is 5.73 Å². The van der Waals surface area contributed by atoms with Crippen LogP contribution in [0.15, 0.2) is 12.3 Å². The van der Waals surface area contributed by atoms with E-state index in [1.165, 1.54) is 12.3 Å². The van der Waals surface area contributed by atoms with Crippen molar-refractivity contribution in [1.82, 2.24) is 4.98 Å². The normalized spacial score (nSPS) is 20.5. The molecule has 0 aliphatic carbocycles. The van der Waals surface area contributed by atoms with Crippen LogP contribution in [0, 0.1) is 10.1 Å². The van der Waals surface area contributed by atoms with Crippen LogP contribution in [0.5, 0.6) is 0 Å². The van der Waals surface area contributed by atoms with Gasteiger partial charge in [0.1, 0.15) is 11.9 Å². The Bertz CT molecular complexity index is 517. The molecule has 2 heterocycles. The van der Waals surface area contributed by atoms with Crippen molar-refractivity contribution in [2.45, 2.75) is 38.9 Å². The van der Waals surface area contributed by atoms with Crippen molar-refractivity contribution in [2.24, 2.45) is 0 Å². The van der Waals surface area contributed by atoms with Gasteiger partial charge in [-0.15, -0.1) is 0 Å². The Morgan fingerprint density at radius 3 is 2.26 bits per heavy atom. The van der Waals surface area contributed by atoms with Gasteiger partial charge < -0.3 is 25.2 Å². The van der Waals surface area contributed by atoms with Gasteiger partial charge >= 0.3 is 12.9 Å². The van der Waals surface area contributed by atoms with Gasteiger partial charge in [0.25, 0.3) is 0 Å². The van der Waals surface area contributed by atoms with Crippen molar-refractivity contribution >= 4 is 24.1 Å². The van der Waals surface area contributed by atoms with Crippen LogP contribution in [0.25, 0.3) is 0 Å². The molecule has 7 nitrogen and oxygen atoms in total. The number of anilines is 1. The van der Waals surface area contributed by atoms with Crippen molar-refractivity contribution < 1.29 is 14.2 Å². The summed E-state index contributed by atoms with van der Waals surface area (Å²) in [5.41, 5.74) is 5.22. The summed E-state index contributed by atoms with van der Waals surface area (Å²) in [7, 11) is -0.624. The highest BCUT2D eigenvalue weighted by atomic mass is 16.7. The summed E-state index contributed by atoms with van der Waals surface area (Å²) in [5.74, 6) is -0.361. The summed E-state index contributed by atoms with van der Waals surface area (Å²) in [6, 6.07) is 1.47. The van der Waals surface area contributed by atoms with Gasteiger partial charge in [-0.1, -0.05) is 0 Å². The van der Waals surface area contributed by atoms with Gasteiger partial charge in [0.2, 0.25) is 0 Å². The zero-order valence-corrected chi connectivity index (χ0v) is 11.3. The number of hydrogen-bond donors (Lipinski definition) is 1. The molecule has 1 aliphatic heterocycles. The van der Waals surface area contributed by atoms with E-state index in [9.17, 15) is 10.1 Å². The van der Waals surface area contributed by atoms with Crippen molar-refractivity contribution in [3.8, 4) is 0 Å². The second-order valence-electron chi connectivity index (χ2n) is 5.53. The average molecular weight is 265 g/mol. The Balaban J connectivity index is 2.31. The molecule has 1 aliphatic rings. The molecule has 0 bridgehead atoms.